The van der Waals surface area contributed by atoms with Crippen molar-refractivity contribution < 1.29 is 58.1 Å². The molecule has 4 rings (SSSR count). The maximum absolute atomic E-state index is 12.0. The summed E-state index contributed by atoms with van der Waals surface area (Å²) in [6.07, 6.45) is 3.55. The van der Waals surface area contributed by atoms with Crippen LogP contribution in [0.1, 0.15) is 83.8 Å². The Labute approximate surface area is 292 Å². The third-order valence-corrected chi connectivity index (χ3v) is 12.6. The zero-order chi connectivity index (χ0) is 36.4. The Morgan fingerprint density at radius 2 is 1.49 bits per heavy atom. The van der Waals surface area contributed by atoms with E-state index in [1.807, 2.05) is 32.0 Å². The Bertz CT molecular complexity index is 1890. The average Bonchev–Trinajstić information content (AvgIpc) is 3.33. The van der Waals surface area contributed by atoms with E-state index < -0.39 is 41.2 Å². The first-order valence-electron chi connectivity index (χ1n) is 15.9. The molecule has 274 valence electrons. The number of benzene rings is 2. The molecule has 18 heteroatoms. The minimum absolute atomic E-state index is 0.112. The lowest BCUT2D eigenvalue weighted by Crippen LogP contribution is -2.42. The van der Waals surface area contributed by atoms with Gasteiger partial charge in [0.15, 0.2) is 5.71 Å². The highest BCUT2D eigenvalue weighted by atomic mass is 32.2. The van der Waals surface area contributed by atoms with E-state index in [1.165, 1.54) is 12.1 Å². The van der Waals surface area contributed by atoms with Crippen molar-refractivity contribution in [3.8, 4) is 0 Å². The molecule has 0 saturated carbocycles. The molecule has 2 aromatic carbocycles. The fourth-order valence-electron chi connectivity index (χ4n) is 7.25. The van der Waals surface area contributed by atoms with Gasteiger partial charge >= 0.3 is 0 Å². The molecule has 2 aromatic rings. The first-order chi connectivity index (χ1) is 22.7. The molecule has 0 spiro atoms. The van der Waals surface area contributed by atoms with Gasteiger partial charge in [0.25, 0.3) is 30.4 Å². The lowest BCUT2D eigenvalue weighted by atomic mass is 9.77. The van der Waals surface area contributed by atoms with Crippen LogP contribution in [0.15, 0.2) is 46.2 Å². The van der Waals surface area contributed by atoms with E-state index in [4.69, 9.17) is 5.26 Å². The van der Waals surface area contributed by atoms with E-state index in [0.717, 1.165) is 40.3 Å². The second-order valence-corrected chi connectivity index (χ2v) is 18.9. The lowest BCUT2D eigenvalue weighted by molar-refractivity contribution is -0.440. The average molecular weight is 766 g/mol. The molecule has 49 heavy (non-hydrogen) atoms. The van der Waals surface area contributed by atoms with Gasteiger partial charge < -0.3 is 4.90 Å². The van der Waals surface area contributed by atoms with Gasteiger partial charge in [-0.15, -0.1) is 4.33 Å². The summed E-state index contributed by atoms with van der Waals surface area (Å²) in [5, 5.41) is 12.4. The topological polar surface area (TPSA) is 208 Å². The van der Waals surface area contributed by atoms with Gasteiger partial charge in [-0.3, -0.25) is 13.7 Å². The molecule has 0 aliphatic carbocycles. The summed E-state index contributed by atoms with van der Waals surface area (Å²) in [5.41, 5.74) is 3.64. The number of nitrogens with zero attached hydrogens (tertiary/aromatic N) is 2. The molecular weight excluding hydrogens is 721 g/mol. The van der Waals surface area contributed by atoms with Crippen molar-refractivity contribution >= 4 is 59.5 Å². The van der Waals surface area contributed by atoms with Gasteiger partial charge in [-0.1, -0.05) is 18.9 Å². The van der Waals surface area contributed by atoms with Gasteiger partial charge in [-0.25, -0.2) is 5.26 Å². The molecular formula is C31H45N2O12S4+. The van der Waals surface area contributed by atoms with Gasteiger partial charge in [-0.2, -0.15) is 29.8 Å². The molecule has 0 bridgehead atoms. The van der Waals surface area contributed by atoms with E-state index in [2.05, 4.69) is 32.7 Å². The van der Waals surface area contributed by atoms with E-state index >= 15 is 0 Å². The Morgan fingerprint density at radius 1 is 0.837 bits per heavy atom. The van der Waals surface area contributed by atoms with Crippen molar-refractivity contribution in [2.45, 2.75) is 99.3 Å². The van der Waals surface area contributed by atoms with Crippen LogP contribution in [0, 0.1) is 0 Å². The van der Waals surface area contributed by atoms with Crippen molar-refractivity contribution in [1.82, 2.24) is 0 Å². The van der Waals surface area contributed by atoms with Crippen LogP contribution >= 0.6 is 12.0 Å². The van der Waals surface area contributed by atoms with Crippen molar-refractivity contribution in [1.29, 1.82) is 0 Å². The third kappa shape index (κ3) is 9.61. The summed E-state index contributed by atoms with van der Waals surface area (Å²) in [6, 6.07) is 10.1. The summed E-state index contributed by atoms with van der Waals surface area (Å²) in [5.74, 6) is -0.700. The summed E-state index contributed by atoms with van der Waals surface area (Å²) in [6.45, 7) is 9.22. The van der Waals surface area contributed by atoms with Crippen molar-refractivity contribution in [2.75, 3.05) is 29.5 Å². The summed E-state index contributed by atoms with van der Waals surface area (Å²) >= 11 is 0.854. The van der Waals surface area contributed by atoms with Gasteiger partial charge in [0.05, 0.1) is 33.9 Å². The SMILES string of the molecule is CC1(C)C(CCCC2N(CCCCS(=O)(=O)O)c3ccc(S(=O)(=O)O)cc3C2(C)C)=[N+](CCCCS(=O)(=O)O)c2ccc(SOOO)cc21. The van der Waals surface area contributed by atoms with Gasteiger partial charge in [-0.05, 0) is 81.8 Å². The first kappa shape index (κ1) is 39.7. The fraction of sp³-hybridized carbons (Fsp3) is 0.581. The standard InChI is InChI=1S/C31H44N2O12S4/c1-30(2)24-20-22(46-45-44-34)12-14-26(24)32(16-5-7-18-47(35,36)37)28(30)10-9-11-29-31(3,4)25-21-23(49(41,42)43)13-15-27(25)33(29)17-6-8-19-48(38,39)40/h12-15,20-21,29H,5-11,16-19H2,1-4H3,(H3-,34,35,36,37,38,39,40,41,42,43)/p+1. The molecule has 0 amide bonds. The summed E-state index contributed by atoms with van der Waals surface area (Å²) in [7, 11) is -12.6. The van der Waals surface area contributed by atoms with Crippen LogP contribution in [0.4, 0.5) is 11.4 Å². The molecule has 14 nitrogen and oxygen atoms in total. The fourth-order valence-corrected chi connectivity index (χ4v) is 9.30. The van der Waals surface area contributed by atoms with Crippen LogP contribution in [0.25, 0.3) is 0 Å². The van der Waals surface area contributed by atoms with Crippen LogP contribution in [0.3, 0.4) is 0 Å². The molecule has 0 aromatic heterocycles. The number of hydrogen-bond donors (Lipinski definition) is 4. The molecule has 2 aliphatic heterocycles. The number of fused-ring (bicyclic) bond motifs is 2. The monoisotopic (exact) mass is 765 g/mol. The zero-order valence-electron chi connectivity index (χ0n) is 27.9. The normalized spacial score (nSPS) is 18.6. The van der Waals surface area contributed by atoms with E-state index in [0.29, 0.717) is 50.1 Å². The highest BCUT2D eigenvalue weighted by Crippen LogP contribution is 2.48. The third-order valence-electron chi connectivity index (χ3n) is 9.60. The number of unbranched alkanes of at least 4 members (excludes halogenated alkanes) is 2. The van der Waals surface area contributed by atoms with Crippen LogP contribution in [-0.2, 0) is 50.6 Å². The molecule has 0 fully saturated rings. The summed E-state index contributed by atoms with van der Waals surface area (Å²) in [4.78, 5) is 2.66. The Hall–Kier alpha value is -2.13. The highest BCUT2D eigenvalue weighted by molar-refractivity contribution is 7.94. The van der Waals surface area contributed by atoms with Crippen molar-refractivity contribution in [3.63, 3.8) is 0 Å². The van der Waals surface area contributed by atoms with Crippen LogP contribution < -0.4 is 4.90 Å². The summed E-state index contributed by atoms with van der Waals surface area (Å²) < 4.78 is 104. The maximum atomic E-state index is 12.0. The van der Waals surface area contributed by atoms with Crippen LogP contribution in [0.5, 0.6) is 0 Å². The van der Waals surface area contributed by atoms with Gasteiger partial charge in [0.2, 0.25) is 5.69 Å². The van der Waals surface area contributed by atoms with Crippen LogP contribution in [-0.4, -0.2) is 85.1 Å². The number of anilines is 1. The Kier molecular flexibility index (Phi) is 12.3. The number of rotatable bonds is 18. The first-order valence-corrected chi connectivity index (χ1v) is 21.3. The quantitative estimate of drug-likeness (QED) is 0.0374. The molecule has 2 aliphatic rings. The molecule has 4 N–H and O–H groups in total. The predicted octanol–water partition coefficient (Wildman–Crippen LogP) is 5.41. The van der Waals surface area contributed by atoms with Gasteiger partial charge in [0, 0.05) is 53.1 Å². The smallest absolute Gasteiger partial charge is 0.294 e. The van der Waals surface area contributed by atoms with Crippen LogP contribution in [0.2, 0.25) is 0 Å². The minimum atomic E-state index is -4.44. The second-order valence-electron chi connectivity index (χ2n) is 13.6. The molecule has 0 saturated heterocycles. The highest BCUT2D eigenvalue weighted by Gasteiger charge is 2.47. The van der Waals surface area contributed by atoms with E-state index in [-0.39, 0.29) is 35.3 Å². The second kappa shape index (κ2) is 15.2. The minimum Gasteiger partial charge on any atom is -0.367 e. The van der Waals surface area contributed by atoms with Crippen molar-refractivity contribution in [2.24, 2.45) is 0 Å². The largest absolute Gasteiger partial charge is 0.367 e. The molecule has 0 radical (unpaired) electrons. The molecule has 1 unspecified atom stereocenters. The van der Waals surface area contributed by atoms with E-state index in [9.17, 15) is 38.9 Å². The van der Waals surface area contributed by atoms with Gasteiger partial charge in [0.1, 0.15) is 6.54 Å². The number of hydrogen-bond acceptors (Lipinski definition) is 11. The lowest BCUT2D eigenvalue weighted by Gasteiger charge is -2.35. The Balaban J connectivity index is 1.62. The maximum Gasteiger partial charge on any atom is 0.294 e. The molecule has 1 atom stereocenters. The van der Waals surface area contributed by atoms with Crippen molar-refractivity contribution in [3.05, 3.63) is 47.5 Å². The predicted molar refractivity (Wildman–Crippen MR) is 185 cm³/mol. The molecule has 2 heterocycles. The zero-order valence-corrected chi connectivity index (χ0v) is 31.2. The Morgan fingerprint density at radius 3 is 2.10 bits per heavy atom. The van der Waals surface area contributed by atoms with E-state index in [1.54, 1.807) is 6.07 Å².